The van der Waals surface area contributed by atoms with Gasteiger partial charge in [0.05, 0.1) is 20.0 Å². The molecule has 30 heavy (non-hydrogen) atoms. The lowest BCUT2D eigenvalue weighted by atomic mass is 10.1. The highest BCUT2D eigenvalue weighted by Gasteiger charge is 2.31. The monoisotopic (exact) mass is 426 g/mol. The first-order chi connectivity index (χ1) is 14.1. The van der Waals surface area contributed by atoms with Crippen LogP contribution in [0.25, 0.3) is 0 Å². The summed E-state index contributed by atoms with van der Waals surface area (Å²) >= 11 is 0. The van der Waals surface area contributed by atoms with E-state index in [4.69, 9.17) is 0 Å². The molecule has 1 rings (SSSR count). The number of rotatable bonds is 15. The molecule has 1 aliphatic rings. The van der Waals surface area contributed by atoms with Gasteiger partial charge in [-0.2, -0.15) is 0 Å². The van der Waals surface area contributed by atoms with E-state index >= 15 is 0 Å². The van der Waals surface area contributed by atoms with Gasteiger partial charge in [-0.3, -0.25) is 14.7 Å². The molecule has 0 radical (unpaired) electrons. The minimum atomic E-state index is 0.637. The van der Waals surface area contributed by atoms with Gasteiger partial charge in [0.15, 0.2) is 0 Å². The molecule has 0 bridgehead atoms. The van der Waals surface area contributed by atoms with Crippen LogP contribution in [0.2, 0.25) is 0 Å². The molecular formula is C24H54N6. The molecule has 3 unspecified atom stereocenters. The smallest absolute Gasteiger partial charge is 0.0535 e. The van der Waals surface area contributed by atoms with Crippen molar-refractivity contribution >= 4 is 0 Å². The Labute approximate surface area is 189 Å². The normalized spacial score (nSPS) is 20.4. The quantitative estimate of drug-likeness (QED) is 0.398. The summed E-state index contributed by atoms with van der Waals surface area (Å²) in [4.78, 5) is 15.1. The molecule has 0 amide bonds. The Morgan fingerprint density at radius 2 is 0.733 bits per heavy atom. The third-order valence-corrected chi connectivity index (χ3v) is 6.64. The van der Waals surface area contributed by atoms with Gasteiger partial charge >= 0.3 is 0 Å². The molecule has 0 spiro atoms. The van der Waals surface area contributed by atoms with Crippen LogP contribution in [-0.4, -0.2) is 129 Å². The van der Waals surface area contributed by atoms with Gasteiger partial charge in [-0.1, -0.05) is 0 Å². The Morgan fingerprint density at radius 1 is 0.500 bits per heavy atom. The largest absolute Gasteiger partial charge is 0.309 e. The number of hydrogen-bond donors (Lipinski definition) is 0. The maximum atomic E-state index is 2.73. The summed E-state index contributed by atoms with van der Waals surface area (Å²) in [7, 11) is 13.1. The topological polar surface area (TPSA) is 19.4 Å². The van der Waals surface area contributed by atoms with Crippen LogP contribution in [0.1, 0.15) is 59.3 Å². The van der Waals surface area contributed by atoms with E-state index < -0.39 is 0 Å². The first-order valence-corrected chi connectivity index (χ1v) is 12.3. The molecule has 1 heterocycles. The van der Waals surface area contributed by atoms with Crippen LogP contribution in [0.5, 0.6) is 0 Å². The molecule has 0 aromatic heterocycles. The van der Waals surface area contributed by atoms with Crippen molar-refractivity contribution in [1.82, 2.24) is 29.4 Å². The molecule has 6 nitrogen and oxygen atoms in total. The van der Waals surface area contributed by atoms with Crippen molar-refractivity contribution in [3.63, 3.8) is 0 Å². The predicted molar refractivity (Wildman–Crippen MR) is 132 cm³/mol. The fourth-order valence-electron chi connectivity index (χ4n) is 4.33. The maximum absolute atomic E-state index is 2.73. The van der Waals surface area contributed by atoms with Crippen LogP contribution >= 0.6 is 0 Å². The van der Waals surface area contributed by atoms with Crippen molar-refractivity contribution in [3.05, 3.63) is 0 Å². The van der Waals surface area contributed by atoms with Crippen LogP contribution in [0.15, 0.2) is 0 Å². The van der Waals surface area contributed by atoms with Gasteiger partial charge in [-0.05, 0) is 121 Å². The van der Waals surface area contributed by atoms with Crippen LogP contribution in [0, 0.1) is 0 Å². The molecule has 0 aliphatic carbocycles. The summed E-state index contributed by atoms with van der Waals surface area (Å²) in [5, 5.41) is 0. The minimum Gasteiger partial charge on any atom is -0.309 e. The summed E-state index contributed by atoms with van der Waals surface area (Å²) in [6.45, 7) is 14.2. The third kappa shape index (κ3) is 11.4. The van der Waals surface area contributed by atoms with Crippen LogP contribution < -0.4 is 0 Å². The fraction of sp³-hybridized carbons (Fsp3) is 1.00. The molecule has 0 aromatic rings. The first kappa shape index (κ1) is 27.8. The van der Waals surface area contributed by atoms with Gasteiger partial charge in [0, 0.05) is 18.1 Å². The van der Waals surface area contributed by atoms with Crippen LogP contribution in [0.3, 0.4) is 0 Å². The van der Waals surface area contributed by atoms with Crippen molar-refractivity contribution < 1.29 is 0 Å². The van der Waals surface area contributed by atoms with Gasteiger partial charge < -0.3 is 14.7 Å². The highest BCUT2D eigenvalue weighted by Crippen LogP contribution is 2.21. The first-order valence-electron chi connectivity index (χ1n) is 12.3. The summed E-state index contributed by atoms with van der Waals surface area (Å²) in [5.74, 6) is 0. The second-order valence-electron chi connectivity index (χ2n) is 10.6. The summed E-state index contributed by atoms with van der Waals surface area (Å²) < 4.78 is 0. The Bertz CT molecular complexity index is 360. The van der Waals surface area contributed by atoms with Crippen molar-refractivity contribution in [3.8, 4) is 0 Å². The summed E-state index contributed by atoms with van der Waals surface area (Å²) in [5.41, 5.74) is 0. The molecule has 0 aromatic carbocycles. The molecule has 0 saturated carbocycles. The Balaban J connectivity index is 2.69. The zero-order valence-corrected chi connectivity index (χ0v) is 21.9. The number of nitrogens with zero attached hydrogens (tertiary/aromatic N) is 6. The Morgan fingerprint density at radius 3 is 0.933 bits per heavy atom. The van der Waals surface area contributed by atoms with Crippen molar-refractivity contribution in [1.29, 1.82) is 0 Å². The van der Waals surface area contributed by atoms with E-state index in [-0.39, 0.29) is 0 Å². The molecule has 1 aliphatic heterocycles. The zero-order chi connectivity index (χ0) is 22.7. The molecule has 1 fully saturated rings. The van der Waals surface area contributed by atoms with Crippen LogP contribution in [0.4, 0.5) is 0 Å². The van der Waals surface area contributed by atoms with Crippen LogP contribution in [-0.2, 0) is 0 Å². The average molecular weight is 427 g/mol. The number of hydrogen-bond acceptors (Lipinski definition) is 6. The third-order valence-electron chi connectivity index (χ3n) is 6.64. The van der Waals surface area contributed by atoms with E-state index in [1.54, 1.807) is 0 Å². The lowest BCUT2D eigenvalue weighted by molar-refractivity contribution is -0.0819. The van der Waals surface area contributed by atoms with Gasteiger partial charge in [0.25, 0.3) is 0 Å². The zero-order valence-electron chi connectivity index (χ0n) is 21.9. The predicted octanol–water partition coefficient (Wildman–Crippen LogP) is 2.97. The van der Waals surface area contributed by atoms with Crippen molar-refractivity contribution in [2.75, 3.05) is 81.9 Å². The fourth-order valence-corrected chi connectivity index (χ4v) is 4.33. The van der Waals surface area contributed by atoms with E-state index in [0.717, 1.165) is 20.0 Å². The lowest BCUT2D eigenvalue weighted by Gasteiger charge is -2.49. The minimum absolute atomic E-state index is 0.637. The molecule has 6 heteroatoms. The van der Waals surface area contributed by atoms with E-state index in [2.05, 4.69) is 92.5 Å². The highest BCUT2D eigenvalue weighted by molar-refractivity contribution is 4.80. The van der Waals surface area contributed by atoms with Gasteiger partial charge in [-0.15, -0.1) is 0 Å². The van der Waals surface area contributed by atoms with Crippen molar-refractivity contribution in [2.45, 2.75) is 77.4 Å². The average Bonchev–Trinajstić information content (AvgIpc) is 2.66. The lowest BCUT2D eigenvalue weighted by Crippen LogP contribution is -2.61. The van der Waals surface area contributed by atoms with E-state index in [1.165, 1.54) is 58.2 Å². The maximum Gasteiger partial charge on any atom is 0.0535 e. The van der Waals surface area contributed by atoms with E-state index in [0.29, 0.717) is 18.1 Å². The summed E-state index contributed by atoms with van der Waals surface area (Å²) in [6, 6.07) is 1.91. The van der Waals surface area contributed by atoms with Gasteiger partial charge in [-0.25, -0.2) is 0 Å². The van der Waals surface area contributed by atoms with Gasteiger partial charge in [0.1, 0.15) is 0 Å². The Hall–Kier alpha value is -0.240. The van der Waals surface area contributed by atoms with Crippen molar-refractivity contribution in [2.24, 2.45) is 0 Å². The SMILES string of the molecule is CC(CCCN(C)C)N1CN(C(C)CCCN(C)C)CN(C(C)CCCN(C)C)C1. The molecule has 3 atom stereocenters. The second-order valence-corrected chi connectivity index (χ2v) is 10.6. The summed E-state index contributed by atoms with van der Waals surface area (Å²) in [6.07, 6.45) is 7.68. The molecular weight excluding hydrogens is 372 g/mol. The highest BCUT2D eigenvalue weighted by atomic mass is 15.5. The molecule has 180 valence electrons. The molecule has 1 saturated heterocycles. The standard InChI is InChI=1S/C24H54N6/c1-22(13-10-16-25(4)5)28-19-29(23(2)14-11-17-26(6)7)21-30(20-28)24(3)15-12-18-27(8)9/h22-24H,10-21H2,1-9H3. The van der Waals surface area contributed by atoms with E-state index in [9.17, 15) is 0 Å². The van der Waals surface area contributed by atoms with Gasteiger partial charge in [0.2, 0.25) is 0 Å². The Kier molecular flexibility index (Phi) is 13.7. The van der Waals surface area contributed by atoms with E-state index in [1.807, 2.05) is 0 Å². The second kappa shape index (κ2) is 14.8. The molecule has 0 N–H and O–H groups in total.